The van der Waals surface area contributed by atoms with Gasteiger partial charge in [-0.05, 0) is 103 Å². The minimum absolute atomic E-state index is 0.136. The number of allylic oxidation sites excluding steroid dienone is 24. The Kier molecular flexibility index (Phi) is 57.6. The van der Waals surface area contributed by atoms with E-state index in [9.17, 15) is 19.5 Å². The van der Waals surface area contributed by atoms with Gasteiger partial charge < -0.3 is 33.3 Å². The van der Waals surface area contributed by atoms with Gasteiger partial charge in [0.05, 0.1) is 40.3 Å². The highest BCUT2D eigenvalue weighted by molar-refractivity contribution is 5.70. The molecule has 9 nitrogen and oxygen atoms in total. The minimum Gasteiger partial charge on any atom is -0.545 e. The van der Waals surface area contributed by atoms with Gasteiger partial charge in [-0.1, -0.05) is 262 Å². The first-order chi connectivity index (χ1) is 39.6. The molecular weight excluding hydrogens is 1010 g/mol. The average molecular weight is 1120 g/mol. The number of ether oxygens (including phenoxy) is 4. The Morgan fingerprint density at radius 3 is 1.05 bits per heavy atom. The third kappa shape index (κ3) is 62.6. The molecular formula is C72H117NO8. The highest BCUT2D eigenvalue weighted by Gasteiger charge is 2.22. The predicted octanol–water partition coefficient (Wildman–Crippen LogP) is 18.2. The molecule has 0 radical (unpaired) electrons. The Labute approximate surface area is 496 Å². The van der Waals surface area contributed by atoms with Crippen molar-refractivity contribution < 1.29 is 42.9 Å². The summed E-state index contributed by atoms with van der Waals surface area (Å²) in [7, 11) is 5.90. The second kappa shape index (κ2) is 61.2. The molecule has 0 aliphatic carbocycles. The molecule has 2 atom stereocenters. The summed E-state index contributed by atoms with van der Waals surface area (Å²) >= 11 is 0. The van der Waals surface area contributed by atoms with Gasteiger partial charge in [0.25, 0.3) is 0 Å². The Hall–Kier alpha value is -4.83. The average Bonchev–Trinajstić information content (AvgIpc) is 3.44. The molecule has 0 spiro atoms. The lowest BCUT2D eigenvalue weighted by atomic mass is 10.0. The second-order valence-electron chi connectivity index (χ2n) is 22.0. The van der Waals surface area contributed by atoms with Gasteiger partial charge in [-0.15, -0.1) is 0 Å². The number of carbonyl (C=O) groups excluding carboxylic acids is 3. The number of carboxylic acid groups (broad SMARTS) is 1. The number of esters is 2. The van der Waals surface area contributed by atoms with Crippen molar-refractivity contribution in [3.05, 3.63) is 146 Å². The summed E-state index contributed by atoms with van der Waals surface area (Å²) in [6.45, 7) is 4.59. The zero-order valence-electron chi connectivity index (χ0n) is 52.1. The van der Waals surface area contributed by atoms with Crippen molar-refractivity contribution in [2.75, 3.05) is 47.5 Å². The molecule has 0 rings (SSSR count). The van der Waals surface area contributed by atoms with Crippen molar-refractivity contribution in [2.45, 2.75) is 245 Å². The van der Waals surface area contributed by atoms with E-state index in [1.165, 1.54) is 77.0 Å². The Morgan fingerprint density at radius 2 is 0.704 bits per heavy atom. The monoisotopic (exact) mass is 1120 g/mol. The maximum Gasteiger partial charge on any atom is 0.306 e. The van der Waals surface area contributed by atoms with Gasteiger partial charge >= 0.3 is 11.9 Å². The smallest absolute Gasteiger partial charge is 0.306 e. The molecule has 81 heavy (non-hydrogen) atoms. The van der Waals surface area contributed by atoms with Crippen LogP contribution in [0.5, 0.6) is 0 Å². The standard InChI is InChI=1S/C72H117NO8/c1-6-8-10-12-14-16-18-20-22-23-24-25-26-27-28-29-30-31-32-33-34-35-36-37-38-39-40-41-42-43-44-45-46-47-49-51-53-55-57-59-61-63-70(75)81-68(67-80-72(71(76)77)78-65-64-73(3,4)5)66-79-69(74)62-60-58-56-54-52-50-48-21-19-17-15-13-11-9-7-2/h8,10,14,16,20,22,24-25,27-28,30-31,33-34,36-37,39-40,42-43,45-46,49,51,68,72H,6-7,9,11-13,15,17-19,21,23,26,29,32,35,38,41,44,47-48,50,52-67H2,1-5H3/b10-8-,16-14-,22-20-,25-24-,28-27-,31-30-,34-33-,37-36-,40-39-,43-42-,46-45-,51-49-. The summed E-state index contributed by atoms with van der Waals surface area (Å²) in [4.78, 5) is 37.3. The third-order valence-electron chi connectivity index (χ3n) is 13.1. The summed E-state index contributed by atoms with van der Waals surface area (Å²) in [6, 6.07) is 0. The number of carboxylic acids is 1. The molecule has 0 fully saturated rings. The van der Waals surface area contributed by atoms with Crippen molar-refractivity contribution in [3.8, 4) is 0 Å². The van der Waals surface area contributed by atoms with Crippen LogP contribution in [0.1, 0.15) is 232 Å². The first-order valence-corrected chi connectivity index (χ1v) is 32.0. The molecule has 0 N–H and O–H groups in total. The number of carbonyl (C=O) groups is 3. The van der Waals surface area contributed by atoms with Gasteiger partial charge in [0.15, 0.2) is 12.4 Å². The van der Waals surface area contributed by atoms with Crippen molar-refractivity contribution in [2.24, 2.45) is 0 Å². The van der Waals surface area contributed by atoms with Crippen LogP contribution >= 0.6 is 0 Å². The summed E-state index contributed by atoms with van der Waals surface area (Å²) in [6.07, 6.45) is 86.3. The number of hydrogen-bond acceptors (Lipinski definition) is 8. The SMILES string of the molecule is CC/C=C\C/C=C\C/C=C\C/C=C\C/C=C\C/C=C\C/C=C\C/C=C\C/C=C\C/C=C\C/C=C\C/C=C\CCCCCCC(=O)OC(COC(=O)CCCCCCCCCCCCCCCCC)COC(OCC[N+](C)(C)C)C(=O)[O-]. The van der Waals surface area contributed by atoms with Crippen LogP contribution in [0.25, 0.3) is 0 Å². The van der Waals surface area contributed by atoms with Gasteiger partial charge in [-0.3, -0.25) is 9.59 Å². The fraction of sp³-hybridized carbons (Fsp3) is 0.625. The van der Waals surface area contributed by atoms with Crippen molar-refractivity contribution in [1.29, 1.82) is 0 Å². The van der Waals surface area contributed by atoms with Crippen LogP contribution in [-0.2, 0) is 33.3 Å². The van der Waals surface area contributed by atoms with E-state index < -0.39 is 24.3 Å². The Balaban J connectivity index is 4.23. The van der Waals surface area contributed by atoms with E-state index in [1.54, 1.807) is 0 Å². The van der Waals surface area contributed by atoms with Crippen molar-refractivity contribution >= 4 is 17.9 Å². The zero-order chi connectivity index (χ0) is 59.1. The fourth-order valence-electron chi connectivity index (χ4n) is 8.22. The molecule has 0 aliphatic rings. The summed E-state index contributed by atoms with van der Waals surface area (Å²) in [5.74, 6) is -2.33. The van der Waals surface area contributed by atoms with Gasteiger partial charge in [0.2, 0.25) is 0 Å². The Morgan fingerprint density at radius 1 is 0.383 bits per heavy atom. The van der Waals surface area contributed by atoms with Crippen LogP contribution < -0.4 is 5.11 Å². The van der Waals surface area contributed by atoms with E-state index in [4.69, 9.17) is 18.9 Å². The van der Waals surface area contributed by atoms with Gasteiger partial charge in [0.1, 0.15) is 13.2 Å². The van der Waals surface area contributed by atoms with Gasteiger partial charge in [0, 0.05) is 12.8 Å². The largest absolute Gasteiger partial charge is 0.545 e. The number of likely N-dealkylation sites (N-methyl/N-ethyl adjacent to an activating group) is 1. The van der Waals surface area contributed by atoms with Crippen LogP contribution in [-0.4, -0.2) is 82.3 Å². The van der Waals surface area contributed by atoms with Gasteiger partial charge in [-0.25, -0.2) is 0 Å². The van der Waals surface area contributed by atoms with E-state index in [0.717, 1.165) is 122 Å². The molecule has 458 valence electrons. The fourth-order valence-corrected chi connectivity index (χ4v) is 8.22. The molecule has 0 aliphatic heterocycles. The highest BCUT2D eigenvalue weighted by Crippen LogP contribution is 2.15. The minimum atomic E-state index is -1.64. The molecule has 0 heterocycles. The van der Waals surface area contributed by atoms with E-state index in [1.807, 2.05) is 21.1 Å². The lowest BCUT2D eigenvalue weighted by Gasteiger charge is -2.26. The molecule has 0 aromatic carbocycles. The normalized spacial score (nSPS) is 13.7. The summed E-state index contributed by atoms with van der Waals surface area (Å²) < 4.78 is 22.7. The van der Waals surface area contributed by atoms with Gasteiger partial charge in [-0.2, -0.15) is 0 Å². The number of rotatable bonds is 57. The number of aliphatic carboxylic acids is 1. The molecule has 9 heteroatoms. The molecule has 2 unspecified atom stereocenters. The summed E-state index contributed by atoms with van der Waals surface area (Å²) in [5, 5.41) is 11.8. The lowest BCUT2D eigenvalue weighted by Crippen LogP contribution is -2.44. The van der Waals surface area contributed by atoms with Crippen molar-refractivity contribution in [3.63, 3.8) is 0 Å². The molecule has 0 bridgehead atoms. The molecule has 0 saturated heterocycles. The number of unbranched alkanes of at least 4 members (excludes halogenated alkanes) is 18. The predicted molar refractivity (Wildman–Crippen MR) is 342 cm³/mol. The summed E-state index contributed by atoms with van der Waals surface area (Å²) in [5.41, 5.74) is 0. The van der Waals surface area contributed by atoms with Crippen LogP contribution in [0.3, 0.4) is 0 Å². The topological polar surface area (TPSA) is 111 Å². The first kappa shape index (κ1) is 76.2. The lowest BCUT2D eigenvalue weighted by molar-refractivity contribution is -0.870. The van der Waals surface area contributed by atoms with E-state index in [2.05, 4.69) is 160 Å². The quantitative estimate of drug-likeness (QED) is 0.0195. The highest BCUT2D eigenvalue weighted by atomic mass is 16.7. The number of nitrogens with zero attached hydrogens (tertiary/aromatic N) is 1. The number of hydrogen-bond donors (Lipinski definition) is 0. The molecule has 0 saturated carbocycles. The van der Waals surface area contributed by atoms with Crippen LogP contribution in [0.2, 0.25) is 0 Å². The van der Waals surface area contributed by atoms with Crippen LogP contribution in [0.4, 0.5) is 0 Å². The van der Waals surface area contributed by atoms with Crippen LogP contribution in [0, 0.1) is 0 Å². The van der Waals surface area contributed by atoms with Crippen molar-refractivity contribution in [1.82, 2.24) is 0 Å². The Bertz CT molecular complexity index is 1840. The second-order valence-corrected chi connectivity index (χ2v) is 22.0. The maximum absolute atomic E-state index is 12.9. The molecule has 0 amide bonds. The van der Waals surface area contributed by atoms with E-state index >= 15 is 0 Å². The molecule has 0 aromatic rings. The first-order valence-electron chi connectivity index (χ1n) is 32.0. The van der Waals surface area contributed by atoms with E-state index in [0.29, 0.717) is 17.4 Å². The maximum atomic E-state index is 12.9. The van der Waals surface area contributed by atoms with Crippen LogP contribution in [0.15, 0.2) is 146 Å². The zero-order valence-corrected chi connectivity index (χ0v) is 52.1. The van der Waals surface area contributed by atoms with E-state index in [-0.39, 0.29) is 38.6 Å². The number of quaternary nitrogens is 1. The molecule has 0 aromatic heterocycles. The third-order valence-corrected chi connectivity index (χ3v) is 13.1.